The average molecular weight is 327 g/mol. The summed E-state index contributed by atoms with van der Waals surface area (Å²) < 4.78 is 4.58. The summed E-state index contributed by atoms with van der Waals surface area (Å²) >= 11 is 11.2. The summed E-state index contributed by atoms with van der Waals surface area (Å²) in [6, 6.07) is 10.0. The molecule has 0 aliphatic carbocycles. The zero-order valence-corrected chi connectivity index (χ0v) is 11.9. The van der Waals surface area contributed by atoms with Gasteiger partial charge in [0.15, 0.2) is 5.75 Å². The first kappa shape index (κ1) is 15.1. The Balaban J connectivity index is 2.22. The number of non-ortho nitro benzene ring substituents is 1. The monoisotopic (exact) mass is 326 g/mol. The summed E-state index contributed by atoms with van der Waals surface area (Å²) in [6.45, 7) is 0. The minimum absolute atomic E-state index is 0.0419. The highest BCUT2D eigenvalue weighted by Crippen LogP contribution is 2.30. The predicted molar refractivity (Wildman–Crippen MR) is 79.0 cm³/mol. The second-order valence-electron chi connectivity index (χ2n) is 3.95. The molecule has 6 nitrogen and oxygen atoms in total. The van der Waals surface area contributed by atoms with Gasteiger partial charge in [-0.1, -0.05) is 17.7 Å². The summed E-state index contributed by atoms with van der Waals surface area (Å²) in [4.78, 5) is 22.1. The van der Waals surface area contributed by atoms with Gasteiger partial charge in [-0.25, -0.2) is 0 Å². The molecule has 0 saturated carbocycles. The van der Waals surface area contributed by atoms with Crippen LogP contribution in [0.15, 0.2) is 42.5 Å². The number of carbonyl (C=O) groups is 1. The first-order chi connectivity index (χ1) is 10.0. The molecule has 0 heterocycles. The normalized spacial score (nSPS) is 10.0. The fraction of sp³-hybridized carbons (Fsp3) is 0. The second kappa shape index (κ2) is 6.43. The van der Waals surface area contributed by atoms with Gasteiger partial charge in [-0.05, 0) is 24.3 Å². The van der Waals surface area contributed by atoms with E-state index in [2.05, 4.69) is 9.61 Å². The van der Waals surface area contributed by atoms with Crippen molar-refractivity contribution in [3.63, 3.8) is 0 Å². The Kier molecular flexibility index (Phi) is 4.62. The van der Waals surface area contributed by atoms with Crippen molar-refractivity contribution in [2.24, 2.45) is 0 Å². The number of hydrogen-bond donors (Lipinski definition) is 1. The first-order valence-electron chi connectivity index (χ1n) is 5.66. The number of para-hydroxylation sites is 1. The van der Waals surface area contributed by atoms with Gasteiger partial charge in [0, 0.05) is 17.8 Å². The van der Waals surface area contributed by atoms with E-state index >= 15 is 0 Å². The van der Waals surface area contributed by atoms with E-state index in [9.17, 15) is 14.9 Å². The quantitative estimate of drug-likeness (QED) is 0.679. The van der Waals surface area contributed by atoms with E-state index in [0.29, 0.717) is 5.69 Å². The van der Waals surface area contributed by atoms with Gasteiger partial charge in [-0.2, -0.15) is 0 Å². The fourth-order valence-electron chi connectivity index (χ4n) is 1.63. The molecule has 0 unspecified atom stereocenters. The second-order valence-corrected chi connectivity index (χ2v) is 4.51. The Hall–Kier alpha value is -2.31. The molecule has 0 aromatic heterocycles. The van der Waals surface area contributed by atoms with Crippen molar-refractivity contribution in [3.05, 3.63) is 63.2 Å². The molecule has 0 bridgehead atoms. The Morgan fingerprint density at radius 3 is 2.43 bits per heavy atom. The number of benzene rings is 2. The van der Waals surface area contributed by atoms with E-state index in [0.717, 1.165) is 0 Å². The maximum atomic E-state index is 12.1. The van der Waals surface area contributed by atoms with Crippen LogP contribution in [-0.2, 0) is 0 Å². The highest BCUT2D eigenvalue weighted by atomic mass is 35.5. The van der Waals surface area contributed by atoms with Crippen molar-refractivity contribution in [3.8, 4) is 5.75 Å². The predicted octanol–water partition coefficient (Wildman–Crippen LogP) is 4.03. The van der Waals surface area contributed by atoms with Gasteiger partial charge < -0.3 is 9.61 Å². The SMILES string of the molecule is O=C(Nc1ccc([N+](=O)[O-])cc1)c1cccc(Cl)c1OCl. The molecule has 0 saturated heterocycles. The first-order valence-corrected chi connectivity index (χ1v) is 6.34. The lowest BCUT2D eigenvalue weighted by atomic mass is 10.2. The lowest BCUT2D eigenvalue weighted by Gasteiger charge is -2.08. The lowest BCUT2D eigenvalue weighted by Crippen LogP contribution is -2.12. The van der Waals surface area contributed by atoms with Crippen LogP contribution in [0, 0.1) is 10.1 Å². The third-order valence-electron chi connectivity index (χ3n) is 2.62. The lowest BCUT2D eigenvalue weighted by molar-refractivity contribution is -0.384. The number of amides is 1. The van der Waals surface area contributed by atoms with Crippen molar-refractivity contribution in [1.29, 1.82) is 0 Å². The molecule has 1 amide bonds. The molecule has 2 aromatic carbocycles. The van der Waals surface area contributed by atoms with Gasteiger partial charge in [0.1, 0.15) is 11.9 Å². The molecule has 0 atom stereocenters. The Bertz CT molecular complexity index is 689. The minimum atomic E-state index is -0.526. The Morgan fingerprint density at radius 2 is 1.86 bits per heavy atom. The molecule has 0 aliphatic heterocycles. The highest BCUT2D eigenvalue weighted by molar-refractivity contribution is 6.33. The van der Waals surface area contributed by atoms with E-state index in [1.165, 1.54) is 36.4 Å². The zero-order chi connectivity index (χ0) is 15.4. The third-order valence-corrected chi connectivity index (χ3v) is 3.08. The number of nitro benzene ring substituents is 1. The van der Waals surface area contributed by atoms with Crippen LogP contribution < -0.4 is 9.61 Å². The van der Waals surface area contributed by atoms with E-state index in [1.54, 1.807) is 6.07 Å². The van der Waals surface area contributed by atoms with Crippen molar-refractivity contribution in [1.82, 2.24) is 0 Å². The fourth-order valence-corrected chi connectivity index (χ4v) is 2.05. The van der Waals surface area contributed by atoms with Crippen molar-refractivity contribution < 1.29 is 14.0 Å². The summed E-state index contributed by atoms with van der Waals surface area (Å²) in [5.41, 5.74) is 0.475. The molecule has 0 radical (unpaired) electrons. The molecule has 2 aromatic rings. The molecular weight excluding hydrogens is 319 g/mol. The van der Waals surface area contributed by atoms with Gasteiger partial charge in [0.25, 0.3) is 11.6 Å². The number of nitrogens with zero attached hydrogens (tertiary/aromatic N) is 1. The Morgan fingerprint density at radius 1 is 1.19 bits per heavy atom. The summed E-state index contributed by atoms with van der Waals surface area (Å²) in [5, 5.41) is 13.3. The van der Waals surface area contributed by atoms with Crippen LogP contribution in [-0.4, -0.2) is 10.8 Å². The molecule has 0 aliphatic rings. The average Bonchev–Trinajstić information content (AvgIpc) is 2.47. The van der Waals surface area contributed by atoms with Crippen LogP contribution in [0.2, 0.25) is 5.02 Å². The largest absolute Gasteiger partial charge is 0.383 e. The van der Waals surface area contributed by atoms with Crippen LogP contribution in [0.1, 0.15) is 10.4 Å². The topological polar surface area (TPSA) is 81.5 Å². The number of nitrogens with one attached hydrogen (secondary N) is 1. The standard InChI is InChI=1S/C13H8Cl2N2O4/c14-11-3-1-2-10(12(11)21-15)13(18)16-8-4-6-9(7-5-8)17(19)20/h1-7H,(H,16,18). The van der Waals surface area contributed by atoms with Crippen LogP contribution in [0.4, 0.5) is 11.4 Å². The number of rotatable bonds is 4. The number of carbonyl (C=O) groups excluding carboxylic acids is 1. The summed E-state index contributed by atoms with van der Waals surface area (Å²) in [5.74, 6) is -0.456. The minimum Gasteiger partial charge on any atom is -0.383 e. The molecule has 8 heteroatoms. The third kappa shape index (κ3) is 3.42. The highest BCUT2D eigenvalue weighted by Gasteiger charge is 2.16. The van der Waals surface area contributed by atoms with Crippen LogP contribution in [0.5, 0.6) is 5.75 Å². The maximum absolute atomic E-state index is 12.1. The van der Waals surface area contributed by atoms with Gasteiger partial charge in [-0.15, -0.1) is 0 Å². The molecule has 1 N–H and O–H groups in total. The van der Waals surface area contributed by atoms with Gasteiger partial charge in [0.05, 0.1) is 15.5 Å². The molecule has 0 fully saturated rings. The maximum Gasteiger partial charge on any atom is 0.269 e. The summed E-state index contributed by atoms with van der Waals surface area (Å²) in [7, 11) is 0. The van der Waals surface area contributed by atoms with Gasteiger partial charge in [0.2, 0.25) is 0 Å². The molecule has 2 rings (SSSR count). The molecule has 108 valence electrons. The van der Waals surface area contributed by atoms with Crippen LogP contribution in [0.3, 0.4) is 0 Å². The smallest absolute Gasteiger partial charge is 0.269 e. The van der Waals surface area contributed by atoms with Gasteiger partial charge >= 0.3 is 0 Å². The summed E-state index contributed by atoms with van der Waals surface area (Å²) in [6.07, 6.45) is 0. The van der Waals surface area contributed by atoms with Crippen LogP contribution in [0.25, 0.3) is 0 Å². The van der Waals surface area contributed by atoms with Crippen molar-refractivity contribution >= 4 is 40.7 Å². The number of anilines is 1. The van der Waals surface area contributed by atoms with Crippen molar-refractivity contribution in [2.45, 2.75) is 0 Å². The van der Waals surface area contributed by atoms with E-state index in [-0.39, 0.29) is 22.0 Å². The zero-order valence-electron chi connectivity index (χ0n) is 10.4. The van der Waals surface area contributed by atoms with Gasteiger partial charge in [-0.3, -0.25) is 14.9 Å². The van der Waals surface area contributed by atoms with E-state index < -0.39 is 10.8 Å². The van der Waals surface area contributed by atoms with Crippen LogP contribution >= 0.6 is 23.5 Å². The van der Waals surface area contributed by atoms with Crippen molar-refractivity contribution in [2.75, 3.05) is 5.32 Å². The molecular formula is C13H8Cl2N2O4. The van der Waals surface area contributed by atoms with E-state index in [4.69, 9.17) is 23.5 Å². The molecule has 21 heavy (non-hydrogen) atoms. The Labute approximate surface area is 129 Å². The number of halogens is 2. The number of nitro groups is 1. The number of hydrogen-bond acceptors (Lipinski definition) is 4. The molecule has 0 spiro atoms. The van der Waals surface area contributed by atoms with E-state index in [1.807, 2.05) is 0 Å².